The predicted octanol–water partition coefficient (Wildman–Crippen LogP) is 3.44. The number of halogens is 1. The van der Waals surface area contributed by atoms with E-state index in [1.54, 1.807) is 4.90 Å². The topological polar surface area (TPSA) is 67.6 Å². The van der Waals surface area contributed by atoms with Crippen molar-refractivity contribution >= 4 is 6.09 Å². The molecule has 140 valence electrons. The van der Waals surface area contributed by atoms with Gasteiger partial charge in [0.25, 0.3) is 0 Å². The zero-order valence-electron chi connectivity index (χ0n) is 15.6. The number of hydrogen-bond acceptors (Lipinski definition) is 3. The molecular weight excluding hydrogens is 333 g/mol. The number of carbonyl (C=O) groups is 1. The molecule has 2 aliphatic rings. The van der Waals surface area contributed by atoms with Crippen LogP contribution < -0.4 is 0 Å². The van der Waals surface area contributed by atoms with Crippen LogP contribution in [0.15, 0.2) is 12.1 Å². The molecule has 1 aliphatic heterocycles. The van der Waals surface area contributed by atoms with Crippen molar-refractivity contribution < 1.29 is 14.3 Å². The van der Waals surface area contributed by atoms with E-state index in [1.165, 1.54) is 6.07 Å². The number of hydrogen-bond donors (Lipinski definition) is 1. The maximum atomic E-state index is 13.8. The zero-order chi connectivity index (χ0) is 19.1. The van der Waals surface area contributed by atoms with E-state index in [0.29, 0.717) is 19.6 Å². The lowest BCUT2D eigenvalue weighted by Crippen LogP contribution is -2.59. The molecule has 0 radical (unpaired) electrons. The van der Waals surface area contributed by atoms with Gasteiger partial charge < -0.3 is 10.0 Å². The van der Waals surface area contributed by atoms with Crippen molar-refractivity contribution in [2.45, 2.75) is 45.6 Å². The third-order valence-corrected chi connectivity index (χ3v) is 5.78. The maximum Gasteiger partial charge on any atom is 0.407 e. The summed E-state index contributed by atoms with van der Waals surface area (Å²) < 4.78 is 13.8. The average Bonchev–Trinajstić information content (AvgIpc) is 2.96. The standard InChI is InChI=1S/C20H26FN3O2/c1-20(2,3)18-12-23(8-9-24(18)19(25)26)11-13-4-5-15-14(13)6-7-17(21)16(15)10-22/h6-7,13,18H,4-5,8-9,11-12H2,1-3H3,(H,25,26). The van der Waals surface area contributed by atoms with E-state index in [0.717, 1.165) is 30.5 Å². The molecule has 26 heavy (non-hydrogen) atoms. The Labute approximate surface area is 154 Å². The van der Waals surface area contributed by atoms with Crippen LogP contribution in [0.5, 0.6) is 0 Å². The molecule has 0 aromatic heterocycles. The summed E-state index contributed by atoms with van der Waals surface area (Å²) in [6, 6.07) is 5.16. The van der Waals surface area contributed by atoms with Gasteiger partial charge in [-0.05, 0) is 41.4 Å². The predicted molar refractivity (Wildman–Crippen MR) is 96.6 cm³/mol. The second-order valence-electron chi connectivity index (χ2n) is 8.45. The quantitative estimate of drug-likeness (QED) is 0.878. The Balaban J connectivity index is 1.76. The monoisotopic (exact) mass is 359 g/mol. The third kappa shape index (κ3) is 3.41. The number of piperazine rings is 1. The minimum atomic E-state index is -0.857. The molecule has 1 aromatic rings. The number of nitrogens with zero attached hydrogens (tertiary/aromatic N) is 3. The highest BCUT2D eigenvalue weighted by molar-refractivity contribution is 5.65. The summed E-state index contributed by atoms with van der Waals surface area (Å²) in [4.78, 5) is 15.5. The van der Waals surface area contributed by atoms with Gasteiger partial charge in [0.15, 0.2) is 0 Å². The third-order valence-electron chi connectivity index (χ3n) is 5.78. The van der Waals surface area contributed by atoms with Gasteiger partial charge in [0, 0.05) is 26.2 Å². The van der Waals surface area contributed by atoms with E-state index in [1.807, 2.05) is 12.1 Å². The van der Waals surface area contributed by atoms with Crippen LogP contribution in [-0.4, -0.2) is 53.2 Å². The summed E-state index contributed by atoms with van der Waals surface area (Å²) in [5, 5.41) is 18.7. The smallest absolute Gasteiger partial charge is 0.407 e. The second-order valence-corrected chi connectivity index (χ2v) is 8.45. The van der Waals surface area contributed by atoms with Gasteiger partial charge in [0.2, 0.25) is 0 Å². The van der Waals surface area contributed by atoms with Crippen molar-refractivity contribution in [3.63, 3.8) is 0 Å². The molecule has 1 aliphatic carbocycles. The molecule has 1 fully saturated rings. The van der Waals surface area contributed by atoms with Crippen molar-refractivity contribution in [3.05, 3.63) is 34.6 Å². The van der Waals surface area contributed by atoms with Gasteiger partial charge in [0.1, 0.15) is 11.9 Å². The molecule has 6 heteroatoms. The summed E-state index contributed by atoms with van der Waals surface area (Å²) in [7, 11) is 0. The largest absolute Gasteiger partial charge is 0.465 e. The fourth-order valence-electron chi connectivity index (χ4n) is 4.36. The number of nitriles is 1. The molecule has 2 atom stereocenters. The summed E-state index contributed by atoms with van der Waals surface area (Å²) >= 11 is 0. The van der Waals surface area contributed by atoms with Gasteiger partial charge in [-0.15, -0.1) is 0 Å². The minimum Gasteiger partial charge on any atom is -0.465 e. The molecule has 1 saturated heterocycles. The van der Waals surface area contributed by atoms with Crippen LogP contribution >= 0.6 is 0 Å². The summed E-state index contributed by atoms with van der Waals surface area (Å²) in [6.45, 7) is 8.95. The lowest BCUT2D eigenvalue weighted by molar-refractivity contribution is 0.0198. The van der Waals surface area contributed by atoms with E-state index in [-0.39, 0.29) is 22.9 Å². The highest BCUT2D eigenvalue weighted by Gasteiger charge is 2.39. The lowest BCUT2D eigenvalue weighted by atomic mass is 9.84. The van der Waals surface area contributed by atoms with Gasteiger partial charge >= 0.3 is 6.09 Å². The first-order valence-corrected chi connectivity index (χ1v) is 9.15. The minimum absolute atomic E-state index is 0.0579. The average molecular weight is 359 g/mol. The molecule has 1 heterocycles. The van der Waals surface area contributed by atoms with Crippen LogP contribution in [0.2, 0.25) is 0 Å². The van der Waals surface area contributed by atoms with Crippen molar-refractivity contribution in [1.82, 2.24) is 9.80 Å². The van der Waals surface area contributed by atoms with Crippen LogP contribution in [0.25, 0.3) is 0 Å². The number of carboxylic acid groups (broad SMARTS) is 1. The number of benzene rings is 1. The number of rotatable bonds is 2. The molecule has 0 spiro atoms. The van der Waals surface area contributed by atoms with E-state index in [2.05, 4.69) is 25.7 Å². The molecule has 1 aromatic carbocycles. The Morgan fingerprint density at radius 3 is 2.73 bits per heavy atom. The van der Waals surface area contributed by atoms with Gasteiger partial charge in [0.05, 0.1) is 11.6 Å². The Kier molecular flexibility index (Phi) is 4.94. The van der Waals surface area contributed by atoms with Crippen molar-refractivity contribution in [2.75, 3.05) is 26.2 Å². The van der Waals surface area contributed by atoms with E-state index >= 15 is 0 Å². The molecule has 5 nitrogen and oxygen atoms in total. The Hall–Kier alpha value is -2.13. The molecule has 3 rings (SSSR count). The maximum absolute atomic E-state index is 13.8. The molecule has 0 bridgehead atoms. The first-order valence-electron chi connectivity index (χ1n) is 9.15. The van der Waals surface area contributed by atoms with E-state index in [9.17, 15) is 19.6 Å². The normalized spacial score (nSPS) is 23.6. The highest BCUT2D eigenvalue weighted by atomic mass is 19.1. The second kappa shape index (κ2) is 6.88. The Bertz CT molecular complexity index is 751. The van der Waals surface area contributed by atoms with Crippen LogP contribution in [0.1, 0.15) is 49.8 Å². The molecule has 1 N–H and O–H groups in total. The van der Waals surface area contributed by atoms with Crippen LogP contribution in [-0.2, 0) is 6.42 Å². The summed E-state index contributed by atoms with van der Waals surface area (Å²) in [5.41, 5.74) is 1.99. The van der Waals surface area contributed by atoms with Gasteiger partial charge in [-0.1, -0.05) is 26.8 Å². The van der Waals surface area contributed by atoms with E-state index < -0.39 is 11.9 Å². The SMILES string of the molecule is CC(C)(C)C1CN(CC2CCc3c2ccc(F)c3C#N)CCN1C(=O)O. The fourth-order valence-corrected chi connectivity index (χ4v) is 4.36. The van der Waals surface area contributed by atoms with Gasteiger partial charge in [-0.2, -0.15) is 5.26 Å². The molecule has 2 unspecified atom stereocenters. The molecule has 0 saturated carbocycles. The Morgan fingerprint density at radius 1 is 1.38 bits per heavy atom. The lowest BCUT2D eigenvalue weighted by Gasteiger charge is -2.46. The first kappa shape index (κ1) is 18.7. The van der Waals surface area contributed by atoms with Gasteiger partial charge in [-0.25, -0.2) is 9.18 Å². The van der Waals surface area contributed by atoms with Gasteiger partial charge in [-0.3, -0.25) is 4.90 Å². The fraction of sp³-hybridized carbons (Fsp3) is 0.600. The Morgan fingerprint density at radius 2 is 2.12 bits per heavy atom. The van der Waals surface area contributed by atoms with Crippen LogP contribution in [0.4, 0.5) is 9.18 Å². The molecule has 1 amide bonds. The number of fused-ring (bicyclic) bond motifs is 1. The summed E-state index contributed by atoms with van der Waals surface area (Å²) in [5.74, 6) is -0.163. The van der Waals surface area contributed by atoms with Crippen molar-refractivity contribution in [2.24, 2.45) is 5.41 Å². The number of amides is 1. The van der Waals surface area contributed by atoms with Crippen LogP contribution in [0, 0.1) is 22.6 Å². The highest BCUT2D eigenvalue weighted by Crippen LogP contribution is 2.37. The first-order chi connectivity index (χ1) is 12.2. The zero-order valence-corrected chi connectivity index (χ0v) is 15.6. The van der Waals surface area contributed by atoms with E-state index in [4.69, 9.17) is 0 Å². The van der Waals surface area contributed by atoms with Crippen molar-refractivity contribution in [3.8, 4) is 6.07 Å². The summed E-state index contributed by atoms with van der Waals surface area (Å²) in [6.07, 6.45) is 0.788. The van der Waals surface area contributed by atoms with Crippen LogP contribution in [0.3, 0.4) is 0 Å². The molecular formula is C20H26FN3O2. The van der Waals surface area contributed by atoms with Crippen molar-refractivity contribution in [1.29, 1.82) is 5.26 Å².